The fourth-order valence-corrected chi connectivity index (χ4v) is 5.04. The first-order valence-corrected chi connectivity index (χ1v) is 12.5. The highest BCUT2D eigenvalue weighted by Crippen LogP contribution is 2.27. The van der Waals surface area contributed by atoms with Gasteiger partial charge in [0, 0.05) is 44.5 Å². The summed E-state index contributed by atoms with van der Waals surface area (Å²) in [6.07, 6.45) is 11.6. The van der Waals surface area contributed by atoms with Crippen LogP contribution in [0.2, 0.25) is 0 Å². The Bertz CT molecular complexity index is 1320. The van der Waals surface area contributed by atoms with Crippen LogP contribution in [-0.4, -0.2) is 50.7 Å². The number of rotatable bonds is 5. The van der Waals surface area contributed by atoms with Gasteiger partial charge in [-0.05, 0) is 54.7 Å². The minimum absolute atomic E-state index is 0.200. The quantitative estimate of drug-likeness (QED) is 0.398. The van der Waals surface area contributed by atoms with Gasteiger partial charge in [-0.1, -0.05) is 31.1 Å². The standard InChI is InChI=1S/C27H29FN6O/c28-23-9-7-20(8-10-23)21-11-15-32(16-12-21)19-22-18-29-27(33-13-3-1-2-4-14-33)34-26(22)30-25(31-34)24-6-5-17-35-24/h5-11,17-18H,1-4,12-16,19H2. The van der Waals surface area contributed by atoms with Crippen molar-refractivity contribution in [3.8, 4) is 11.6 Å². The summed E-state index contributed by atoms with van der Waals surface area (Å²) in [6, 6.07) is 10.5. The molecule has 0 radical (unpaired) electrons. The number of furan rings is 1. The van der Waals surface area contributed by atoms with E-state index in [0.29, 0.717) is 11.6 Å². The molecular formula is C27H29FN6O. The van der Waals surface area contributed by atoms with Crippen LogP contribution in [0.15, 0.2) is 59.4 Å². The van der Waals surface area contributed by atoms with Crippen molar-refractivity contribution < 1.29 is 8.81 Å². The van der Waals surface area contributed by atoms with E-state index < -0.39 is 0 Å². The topological polar surface area (TPSA) is 62.7 Å². The SMILES string of the molecule is Fc1ccc(C2=CCN(Cc3cnc(N4CCCCCC4)n4nc(-c5ccco5)nc34)CC2)cc1. The second kappa shape index (κ2) is 9.62. The monoisotopic (exact) mass is 472 g/mol. The minimum atomic E-state index is -0.200. The highest BCUT2D eigenvalue weighted by atomic mass is 19.1. The zero-order chi connectivity index (χ0) is 23.6. The van der Waals surface area contributed by atoms with Gasteiger partial charge in [-0.2, -0.15) is 4.52 Å². The summed E-state index contributed by atoms with van der Waals surface area (Å²) >= 11 is 0. The normalized spacial score (nSPS) is 17.5. The van der Waals surface area contributed by atoms with Crippen molar-refractivity contribution in [3.63, 3.8) is 0 Å². The van der Waals surface area contributed by atoms with Crippen LogP contribution in [0, 0.1) is 5.82 Å². The van der Waals surface area contributed by atoms with Crippen molar-refractivity contribution in [1.29, 1.82) is 0 Å². The number of benzene rings is 1. The van der Waals surface area contributed by atoms with Gasteiger partial charge in [0.05, 0.1) is 6.26 Å². The molecule has 0 bridgehead atoms. The maximum Gasteiger partial charge on any atom is 0.228 e. The molecule has 3 aromatic heterocycles. The first-order valence-electron chi connectivity index (χ1n) is 12.5. The molecule has 1 fully saturated rings. The third-order valence-corrected chi connectivity index (χ3v) is 6.95. The molecule has 0 unspecified atom stereocenters. The van der Waals surface area contributed by atoms with E-state index in [1.165, 1.54) is 43.4 Å². The van der Waals surface area contributed by atoms with Crippen molar-refractivity contribution in [1.82, 2.24) is 24.5 Å². The summed E-state index contributed by atoms with van der Waals surface area (Å²) in [5.74, 6) is 1.89. The van der Waals surface area contributed by atoms with Gasteiger partial charge in [0.1, 0.15) is 5.82 Å². The molecule has 0 saturated carbocycles. The second-order valence-corrected chi connectivity index (χ2v) is 9.35. The Kier molecular flexibility index (Phi) is 6.04. The Morgan fingerprint density at radius 1 is 0.971 bits per heavy atom. The zero-order valence-electron chi connectivity index (χ0n) is 19.7. The van der Waals surface area contributed by atoms with Crippen molar-refractivity contribution in [2.24, 2.45) is 0 Å². The molecule has 35 heavy (non-hydrogen) atoms. The first kappa shape index (κ1) is 22.0. The van der Waals surface area contributed by atoms with E-state index in [-0.39, 0.29) is 5.82 Å². The van der Waals surface area contributed by atoms with E-state index in [0.717, 1.165) is 61.9 Å². The average molecular weight is 473 g/mol. The van der Waals surface area contributed by atoms with Gasteiger partial charge in [0.15, 0.2) is 11.4 Å². The predicted molar refractivity (Wildman–Crippen MR) is 133 cm³/mol. The molecule has 0 aliphatic carbocycles. The van der Waals surface area contributed by atoms with E-state index >= 15 is 0 Å². The fourth-order valence-electron chi connectivity index (χ4n) is 5.04. The summed E-state index contributed by atoms with van der Waals surface area (Å²) in [7, 11) is 0. The summed E-state index contributed by atoms with van der Waals surface area (Å²) in [5, 5.41) is 4.82. The summed E-state index contributed by atoms with van der Waals surface area (Å²) < 4.78 is 20.8. The van der Waals surface area contributed by atoms with Crippen LogP contribution in [0.4, 0.5) is 10.3 Å². The van der Waals surface area contributed by atoms with Gasteiger partial charge in [-0.25, -0.2) is 14.4 Å². The number of aromatic nitrogens is 4. The zero-order valence-corrected chi connectivity index (χ0v) is 19.7. The molecule has 6 rings (SSSR count). The smallest absolute Gasteiger partial charge is 0.228 e. The Morgan fingerprint density at radius 2 is 1.80 bits per heavy atom. The van der Waals surface area contributed by atoms with Crippen molar-refractivity contribution >= 4 is 17.2 Å². The lowest BCUT2D eigenvalue weighted by atomic mass is 9.99. The van der Waals surface area contributed by atoms with Gasteiger partial charge in [0.2, 0.25) is 11.8 Å². The highest BCUT2D eigenvalue weighted by molar-refractivity contribution is 5.66. The van der Waals surface area contributed by atoms with Gasteiger partial charge >= 0.3 is 0 Å². The number of anilines is 1. The number of hydrogen-bond donors (Lipinski definition) is 0. The van der Waals surface area contributed by atoms with Gasteiger partial charge < -0.3 is 9.32 Å². The van der Waals surface area contributed by atoms with Crippen LogP contribution in [0.1, 0.15) is 43.2 Å². The van der Waals surface area contributed by atoms with Crippen LogP contribution in [-0.2, 0) is 6.54 Å². The van der Waals surface area contributed by atoms with E-state index in [9.17, 15) is 4.39 Å². The second-order valence-electron chi connectivity index (χ2n) is 9.35. The number of halogens is 1. The Labute approximate surface area is 203 Å². The molecule has 8 heteroatoms. The van der Waals surface area contributed by atoms with E-state index in [1.807, 2.05) is 35.0 Å². The minimum Gasteiger partial charge on any atom is -0.461 e. The van der Waals surface area contributed by atoms with Crippen molar-refractivity contribution in [3.05, 3.63) is 71.9 Å². The maximum atomic E-state index is 13.3. The number of hydrogen-bond acceptors (Lipinski definition) is 6. The third-order valence-electron chi connectivity index (χ3n) is 6.95. The number of nitrogens with zero attached hydrogens (tertiary/aromatic N) is 6. The molecule has 1 aromatic carbocycles. The van der Waals surface area contributed by atoms with Crippen LogP contribution in [0.25, 0.3) is 22.8 Å². The molecule has 2 aliphatic rings. The van der Waals surface area contributed by atoms with Gasteiger partial charge in [0.25, 0.3) is 0 Å². The Hall–Kier alpha value is -3.52. The lowest BCUT2D eigenvalue weighted by molar-refractivity contribution is 0.294. The molecule has 4 aromatic rings. The van der Waals surface area contributed by atoms with Gasteiger partial charge in [-0.15, -0.1) is 5.10 Å². The summed E-state index contributed by atoms with van der Waals surface area (Å²) in [6.45, 7) is 4.45. The Morgan fingerprint density at radius 3 is 2.51 bits per heavy atom. The van der Waals surface area contributed by atoms with Crippen LogP contribution >= 0.6 is 0 Å². The Balaban J connectivity index is 1.29. The van der Waals surface area contributed by atoms with E-state index in [1.54, 1.807) is 6.26 Å². The maximum absolute atomic E-state index is 13.3. The van der Waals surface area contributed by atoms with Gasteiger partial charge in [-0.3, -0.25) is 4.90 Å². The predicted octanol–water partition coefficient (Wildman–Crippen LogP) is 5.19. The molecular weight excluding hydrogens is 443 g/mol. The molecule has 7 nitrogen and oxygen atoms in total. The number of fused-ring (bicyclic) bond motifs is 1. The lowest BCUT2D eigenvalue weighted by Crippen LogP contribution is -2.30. The molecule has 0 amide bonds. The fraction of sp³-hybridized carbons (Fsp3) is 0.370. The third kappa shape index (κ3) is 4.58. The largest absolute Gasteiger partial charge is 0.461 e. The highest BCUT2D eigenvalue weighted by Gasteiger charge is 2.22. The van der Waals surface area contributed by atoms with Crippen molar-refractivity contribution in [2.45, 2.75) is 38.6 Å². The molecule has 0 spiro atoms. The van der Waals surface area contributed by atoms with Crippen LogP contribution in [0.3, 0.4) is 0 Å². The molecule has 180 valence electrons. The molecule has 0 atom stereocenters. The molecule has 2 aliphatic heterocycles. The van der Waals surface area contributed by atoms with Crippen molar-refractivity contribution in [2.75, 3.05) is 31.1 Å². The first-order chi connectivity index (χ1) is 17.2. The summed E-state index contributed by atoms with van der Waals surface area (Å²) in [4.78, 5) is 14.5. The molecule has 0 N–H and O–H groups in total. The molecule has 1 saturated heterocycles. The van der Waals surface area contributed by atoms with E-state index in [4.69, 9.17) is 19.5 Å². The van der Waals surface area contributed by atoms with Crippen LogP contribution in [0.5, 0.6) is 0 Å². The molecule has 5 heterocycles. The lowest BCUT2D eigenvalue weighted by Gasteiger charge is -2.27. The van der Waals surface area contributed by atoms with E-state index in [2.05, 4.69) is 15.9 Å². The summed E-state index contributed by atoms with van der Waals surface area (Å²) in [5.41, 5.74) is 4.24. The van der Waals surface area contributed by atoms with Crippen LogP contribution < -0.4 is 4.90 Å². The average Bonchev–Trinajstić information content (AvgIpc) is 3.50.